The molecule has 0 saturated heterocycles. The summed E-state index contributed by atoms with van der Waals surface area (Å²) in [5, 5.41) is 0. The SMILES string of the molecule is COc1cc(OC)cc(-c2ccc(-c3ccncc3)cc2)c1. The van der Waals surface area contributed by atoms with Gasteiger partial charge in [-0.05, 0) is 46.5 Å². The van der Waals surface area contributed by atoms with Crippen molar-refractivity contribution in [2.24, 2.45) is 0 Å². The van der Waals surface area contributed by atoms with Gasteiger partial charge in [0.05, 0.1) is 14.2 Å². The number of hydrogen-bond acceptors (Lipinski definition) is 3. The van der Waals surface area contributed by atoms with Gasteiger partial charge >= 0.3 is 0 Å². The van der Waals surface area contributed by atoms with E-state index in [4.69, 9.17) is 9.47 Å². The van der Waals surface area contributed by atoms with Crippen molar-refractivity contribution in [3.05, 3.63) is 67.0 Å². The summed E-state index contributed by atoms with van der Waals surface area (Å²) in [5.41, 5.74) is 4.51. The fourth-order valence-electron chi connectivity index (χ4n) is 2.37. The molecule has 0 bridgehead atoms. The van der Waals surface area contributed by atoms with E-state index in [1.54, 1.807) is 26.6 Å². The second-order valence-corrected chi connectivity index (χ2v) is 4.91. The first kappa shape index (κ1) is 14.1. The van der Waals surface area contributed by atoms with E-state index in [1.807, 2.05) is 30.3 Å². The molecule has 22 heavy (non-hydrogen) atoms. The molecule has 0 spiro atoms. The van der Waals surface area contributed by atoms with Gasteiger partial charge in [0.2, 0.25) is 0 Å². The van der Waals surface area contributed by atoms with E-state index < -0.39 is 0 Å². The molecule has 110 valence electrons. The van der Waals surface area contributed by atoms with Gasteiger partial charge in [0.25, 0.3) is 0 Å². The van der Waals surface area contributed by atoms with E-state index >= 15 is 0 Å². The van der Waals surface area contributed by atoms with E-state index in [2.05, 4.69) is 29.2 Å². The zero-order chi connectivity index (χ0) is 15.4. The van der Waals surface area contributed by atoms with Gasteiger partial charge in [-0.1, -0.05) is 24.3 Å². The normalized spacial score (nSPS) is 10.3. The molecule has 0 fully saturated rings. The van der Waals surface area contributed by atoms with Crippen molar-refractivity contribution >= 4 is 0 Å². The van der Waals surface area contributed by atoms with Crippen LogP contribution in [0.3, 0.4) is 0 Å². The van der Waals surface area contributed by atoms with Crippen molar-refractivity contribution in [2.75, 3.05) is 14.2 Å². The Morgan fingerprint density at radius 3 is 1.55 bits per heavy atom. The summed E-state index contributed by atoms with van der Waals surface area (Å²) in [6.45, 7) is 0. The topological polar surface area (TPSA) is 31.4 Å². The Hall–Kier alpha value is -2.81. The Kier molecular flexibility index (Phi) is 4.05. The molecule has 1 aromatic heterocycles. The molecule has 0 saturated carbocycles. The lowest BCUT2D eigenvalue weighted by atomic mass is 10.0. The Morgan fingerprint density at radius 1 is 0.591 bits per heavy atom. The van der Waals surface area contributed by atoms with Gasteiger partial charge < -0.3 is 9.47 Å². The predicted molar refractivity (Wildman–Crippen MR) is 88.2 cm³/mol. The van der Waals surface area contributed by atoms with Crippen LogP contribution in [0.25, 0.3) is 22.3 Å². The first-order chi connectivity index (χ1) is 10.8. The largest absolute Gasteiger partial charge is 0.497 e. The number of rotatable bonds is 4. The van der Waals surface area contributed by atoms with Crippen molar-refractivity contribution in [2.45, 2.75) is 0 Å². The number of hydrogen-bond donors (Lipinski definition) is 0. The van der Waals surface area contributed by atoms with Crippen molar-refractivity contribution in [1.82, 2.24) is 4.98 Å². The number of aromatic nitrogens is 1. The van der Waals surface area contributed by atoms with Crippen LogP contribution in [0.4, 0.5) is 0 Å². The smallest absolute Gasteiger partial charge is 0.123 e. The average Bonchev–Trinajstić information content (AvgIpc) is 2.62. The molecular weight excluding hydrogens is 274 g/mol. The molecule has 0 aliphatic heterocycles. The lowest BCUT2D eigenvalue weighted by Gasteiger charge is -2.09. The maximum absolute atomic E-state index is 5.32. The zero-order valence-electron chi connectivity index (χ0n) is 12.6. The summed E-state index contributed by atoms with van der Waals surface area (Å²) in [6, 6.07) is 18.3. The summed E-state index contributed by atoms with van der Waals surface area (Å²) in [4.78, 5) is 4.05. The molecule has 0 atom stereocenters. The maximum Gasteiger partial charge on any atom is 0.123 e. The summed E-state index contributed by atoms with van der Waals surface area (Å²) < 4.78 is 10.6. The summed E-state index contributed by atoms with van der Waals surface area (Å²) in [6.07, 6.45) is 3.60. The van der Waals surface area contributed by atoms with Crippen LogP contribution in [0.15, 0.2) is 67.0 Å². The number of nitrogens with zero attached hydrogens (tertiary/aromatic N) is 1. The van der Waals surface area contributed by atoms with Crippen molar-refractivity contribution < 1.29 is 9.47 Å². The lowest BCUT2D eigenvalue weighted by Crippen LogP contribution is -1.89. The standard InChI is InChI=1S/C19H17NO2/c1-21-18-11-17(12-19(13-18)22-2)15-5-3-14(4-6-15)16-7-9-20-10-8-16/h3-13H,1-2H3. The van der Waals surface area contributed by atoms with Crippen LogP contribution >= 0.6 is 0 Å². The first-order valence-corrected chi connectivity index (χ1v) is 7.04. The highest BCUT2D eigenvalue weighted by Crippen LogP contribution is 2.31. The highest BCUT2D eigenvalue weighted by molar-refractivity contribution is 5.72. The van der Waals surface area contributed by atoms with E-state index in [-0.39, 0.29) is 0 Å². The molecule has 3 rings (SSSR count). The van der Waals surface area contributed by atoms with E-state index in [1.165, 1.54) is 5.56 Å². The first-order valence-electron chi connectivity index (χ1n) is 7.04. The van der Waals surface area contributed by atoms with Crippen LogP contribution in [0.1, 0.15) is 0 Å². The number of pyridine rings is 1. The zero-order valence-corrected chi connectivity index (χ0v) is 12.6. The summed E-state index contributed by atoms with van der Waals surface area (Å²) in [5.74, 6) is 1.57. The van der Waals surface area contributed by atoms with E-state index in [0.717, 1.165) is 28.2 Å². The van der Waals surface area contributed by atoms with E-state index in [0.29, 0.717) is 0 Å². The molecule has 0 aliphatic carbocycles. The Morgan fingerprint density at radius 2 is 1.05 bits per heavy atom. The maximum atomic E-state index is 5.32. The van der Waals surface area contributed by atoms with E-state index in [9.17, 15) is 0 Å². The average molecular weight is 291 g/mol. The van der Waals surface area contributed by atoms with Gasteiger partial charge in [-0.3, -0.25) is 4.98 Å². The fourth-order valence-corrected chi connectivity index (χ4v) is 2.37. The van der Waals surface area contributed by atoms with Crippen LogP contribution in [0.5, 0.6) is 11.5 Å². The third kappa shape index (κ3) is 2.93. The third-order valence-electron chi connectivity index (χ3n) is 3.58. The molecule has 0 amide bonds. The van der Waals surface area contributed by atoms with Crippen LogP contribution in [-0.2, 0) is 0 Å². The Labute approximate surface area is 130 Å². The number of methoxy groups -OCH3 is 2. The van der Waals surface area contributed by atoms with Gasteiger partial charge in [0.15, 0.2) is 0 Å². The summed E-state index contributed by atoms with van der Waals surface area (Å²) >= 11 is 0. The molecule has 0 unspecified atom stereocenters. The van der Waals surface area contributed by atoms with Gasteiger partial charge in [0.1, 0.15) is 11.5 Å². The van der Waals surface area contributed by atoms with Gasteiger partial charge in [-0.25, -0.2) is 0 Å². The molecular formula is C19H17NO2. The van der Waals surface area contributed by atoms with Gasteiger partial charge in [-0.2, -0.15) is 0 Å². The van der Waals surface area contributed by atoms with Crippen LogP contribution in [-0.4, -0.2) is 19.2 Å². The van der Waals surface area contributed by atoms with Gasteiger partial charge in [0, 0.05) is 18.5 Å². The molecule has 3 heteroatoms. The third-order valence-corrected chi connectivity index (χ3v) is 3.58. The lowest BCUT2D eigenvalue weighted by molar-refractivity contribution is 0.394. The molecule has 0 N–H and O–H groups in total. The van der Waals surface area contributed by atoms with Crippen molar-refractivity contribution in [3.8, 4) is 33.8 Å². The number of benzene rings is 2. The fraction of sp³-hybridized carbons (Fsp3) is 0.105. The minimum Gasteiger partial charge on any atom is -0.497 e. The van der Waals surface area contributed by atoms with Crippen LogP contribution in [0, 0.1) is 0 Å². The molecule has 3 aromatic rings. The monoisotopic (exact) mass is 291 g/mol. The minimum absolute atomic E-state index is 0.785. The van der Waals surface area contributed by atoms with Crippen molar-refractivity contribution in [3.63, 3.8) is 0 Å². The number of ether oxygens (including phenoxy) is 2. The molecule has 2 aromatic carbocycles. The second kappa shape index (κ2) is 6.31. The molecule has 0 radical (unpaired) electrons. The summed E-state index contributed by atoms with van der Waals surface area (Å²) in [7, 11) is 3.32. The molecule has 3 nitrogen and oxygen atoms in total. The van der Waals surface area contributed by atoms with Gasteiger partial charge in [-0.15, -0.1) is 0 Å². The molecule has 0 aliphatic rings. The predicted octanol–water partition coefficient (Wildman–Crippen LogP) is 4.43. The second-order valence-electron chi connectivity index (χ2n) is 4.91. The minimum atomic E-state index is 0.785. The van der Waals surface area contributed by atoms with Crippen LogP contribution < -0.4 is 9.47 Å². The molecule has 1 heterocycles. The Balaban J connectivity index is 1.96. The van der Waals surface area contributed by atoms with Crippen LogP contribution in [0.2, 0.25) is 0 Å². The Bertz CT molecular complexity index is 730. The quantitative estimate of drug-likeness (QED) is 0.712. The highest BCUT2D eigenvalue weighted by Gasteiger charge is 2.05. The highest BCUT2D eigenvalue weighted by atomic mass is 16.5. The van der Waals surface area contributed by atoms with Crippen molar-refractivity contribution in [1.29, 1.82) is 0 Å².